The summed E-state index contributed by atoms with van der Waals surface area (Å²) >= 11 is 6.75. The standard InChI is InChI=1S/C9H8ClN3O2S2/c10-7-4-2-1-3-6(7)5-17(14,15)9-12-8(11)16-13-9/h1-4H,5H2,(H2,11,12,13). The molecule has 0 spiro atoms. The van der Waals surface area contributed by atoms with Gasteiger partial charge in [0, 0.05) is 16.6 Å². The van der Waals surface area contributed by atoms with Crippen LogP contribution in [0.25, 0.3) is 0 Å². The molecule has 2 aromatic rings. The molecule has 0 amide bonds. The molecular weight excluding hydrogens is 282 g/mol. The van der Waals surface area contributed by atoms with Crippen molar-refractivity contribution in [3.05, 3.63) is 34.9 Å². The highest BCUT2D eigenvalue weighted by Crippen LogP contribution is 2.21. The molecule has 5 nitrogen and oxygen atoms in total. The van der Waals surface area contributed by atoms with Crippen molar-refractivity contribution in [2.75, 3.05) is 5.73 Å². The molecule has 0 aliphatic heterocycles. The van der Waals surface area contributed by atoms with Gasteiger partial charge >= 0.3 is 0 Å². The molecule has 0 unspecified atom stereocenters. The van der Waals surface area contributed by atoms with E-state index in [2.05, 4.69) is 9.36 Å². The SMILES string of the molecule is Nc1nc(S(=O)(=O)Cc2ccccc2Cl)ns1. The van der Waals surface area contributed by atoms with Gasteiger partial charge in [0.2, 0.25) is 15.0 Å². The van der Waals surface area contributed by atoms with E-state index in [1.807, 2.05) is 0 Å². The third-order valence-corrected chi connectivity index (χ3v) is 4.46. The first-order chi connectivity index (χ1) is 7.99. The summed E-state index contributed by atoms with van der Waals surface area (Å²) < 4.78 is 27.6. The van der Waals surface area contributed by atoms with Crippen LogP contribution >= 0.6 is 23.1 Å². The number of nitrogen functional groups attached to an aromatic ring is 1. The van der Waals surface area contributed by atoms with Crippen LogP contribution in [0.1, 0.15) is 5.56 Å². The quantitative estimate of drug-likeness (QED) is 0.930. The van der Waals surface area contributed by atoms with Crippen molar-refractivity contribution in [1.29, 1.82) is 0 Å². The van der Waals surface area contributed by atoms with Crippen LogP contribution in [0.2, 0.25) is 5.02 Å². The average molecular weight is 290 g/mol. The van der Waals surface area contributed by atoms with Crippen LogP contribution in [-0.2, 0) is 15.6 Å². The maximum atomic E-state index is 11.9. The van der Waals surface area contributed by atoms with Gasteiger partial charge in [0.1, 0.15) is 0 Å². The predicted octanol–water partition coefficient (Wildman–Crippen LogP) is 1.75. The summed E-state index contributed by atoms with van der Waals surface area (Å²) in [7, 11) is -3.59. The van der Waals surface area contributed by atoms with Crippen molar-refractivity contribution in [2.45, 2.75) is 10.9 Å². The number of halogens is 1. The van der Waals surface area contributed by atoms with Gasteiger partial charge in [0.15, 0.2) is 0 Å². The molecule has 2 N–H and O–H groups in total. The number of anilines is 1. The Morgan fingerprint density at radius 1 is 1.35 bits per heavy atom. The van der Waals surface area contributed by atoms with Gasteiger partial charge < -0.3 is 5.73 Å². The van der Waals surface area contributed by atoms with E-state index < -0.39 is 9.84 Å². The Hall–Kier alpha value is -1.18. The lowest BCUT2D eigenvalue weighted by Crippen LogP contribution is -2.07. The molecule has 0 aliphatic carbocycles. The van der Waals surface area contributed by atoms with Gasteiger partial charge in [-0.3, -0.25) is 0 Å². The summed E-state index contributed by atoms with van der Waals surface area (Å²) in [6, 6.07) is 6.74. The van der Waals surface area contributed by atoms with Crippen LogP contribution in [0, 0.1) is 0 Å². The zero-order valence-electron chi connectivity index (χ0n) is 8.50. The van der Waals surface area contributed by atoms with Gasteiger partial charge in [-0.2, -0.15) is 9.36 Å². The second kappa shape index (κ2) is 4.59. The lowest BCUT2D eigenvalue weighted by Gasteiger charge is -2.02. The minimum absolute atomic E-state index is 0.128. The van der Waals surface area contributed by atoms with E-state index in [4.69, 9.17) is 17.3 Å². The van der Waals surface area contributed by atoms with E-state index in [1.165, 1.54) is 0 Å². The van der Waals surface area contributed by atoms with Crippen LogP contribution < -0.4 is 5.73 Å². The van der Waals surface area contributed by atoms with Gasteiger partial charge in [-0.25, -0.2) is 8.42 Å². The lowest BCUT2D eigenvalue weighted by atomic mass is 10.2. The summed E-state index contributed by atoms with van der Waals surface area (Å²) in [6.45, 7) is 0. The Balaban J connectivity index is 2.33. The third-order valence-electron chi connectivity index (χ3n) is 2.00. The molecular formula is C9H8ClN3O2S2. The molecule has 0 saturated heterocycles. The first-order valence-corrected chi connectivity index (χ1v) is 7.35. The highest BCUT2D eigenvalue weighted by molar-refractivity contribution is 7.90. The molecule has 90 valence electrons. The first-order valence-electron chi connectivity index (χ1n) is 4.54. The van der Waals surface area contributed by atoms with Crippen molar-refractivity contribution in [1.82, 2.24) is 9.36 Å². The molecule has 1 heterocycles. The number of aromatic nitrogens is 2. The largest absolute Gasteiger partial charge is 0.374 e. The van der Waals surface area contributed by atoms with Gasteiger partial charge in [-0.1, -0.05) is 29.8 Å². The molecule has 8 heteroatoms. The van der Waals surface area contributed by atoms with Crippen LogP contribution in [0.3, 0.4) is 0 Å². The van der Waals surface area contributed by atoms with E-state index in [-0.39, 0.29) is 16.0 Å². The van der Waals surface area contributed by atoms with Crippen LogP contribution in [0.15, 0.2) is 29.4 Å². The Morgan fingerprint density at radius 2 is 2.06 bits per heavy atom. The third kappa shape index (κ3) is 2.74. The van der Waals surface area contributed by atoms with E-state index >= 15 is 0 Å². The van der Waals surface area contributed by atoms with Gasteiger partial charge in [-0.15, -0.1) is 0 Å². The summed E-state index contributed by atoms with van der Waals surface area (Å²) in [6.07, 6.45) is 0. The smallest absolute Gasteiger partial charge is 0.261 e. The Bertz CT molecular complexity index is 639. The fraction of sp³-hybridized carbons (Fsp3) is 0.111. The van der Waals surface area contributed by atoms with Gasteiger partial charge in [-0.05, 0) is 11.6 Å². The predicted molar refractivity (Wildman–Crippen MR) is 66.7 cm³/mol. The highest BCUT2D eigenvalue weighted by Gasteiger charge is 2.21. The van der Waals surface area contributed by atoms with Crippen molar-refractivity contribution < 1.29 is 8.42 Å². The lowest BCUT2D eigenvalue weighted by molar-refractivity contribution is 0.588. The average Bonchev–Trinajstić information content (AvgIpc) is 2.69. The first kappa shape index (κ1) is 12.3. The minimum atomic E-state index is -3.59. The van der Waals surface area contributed by atoms with E-state index in [1.54, 1.807) is 24.3 Å². The normalized spacial score (nSPS) is 11.6. The molecule has 0 bridgehead atoms. The van der Waals surface area contributed by atoms with Crippen molar-refractivity contribution in [2.24, 2.45) is 0 Å². The fourth-order valence-corrected chi connectivity index (χ4v) is 3.51. The maximum Gasteiger partial charge on any atom is 0.261 e. The second-order valence-corrected chi connectivity index (χ2v) is 6.34. The molecule has 0 radical (unpaired) electrons. The molecule has 1 aromatic carbocycles. The second-order valence-electron chi connectivity index (χ2n) is 3.27. The van der Waals surface area contributed by atoms with Crippen molar-refractivity contribution in [3.8, 4) is 0 Å². The summed E-state index contributed by atoms with van der Waals surface area (Å²) in [5.74, 6) is -0.233. The number of nitrogens with zero attached hydrogens (tertiary/aromatic N) is 2. The van der Waals surface area contributed by atoms with Crippen LogP contribution in [0.4, 0.5) is 5.13 Å². The van der Waals surface area contributed by atoms with Crippen molar-refractivity contribution in [3.63, 3.8) is 0 Å². The molecule has 1 aromatic heterocycles. The molecule has 0 atom stereocenters. The molecule has 0 fully saturated rings. The van der Waals surface area contributed by atoms with E-state index in [9.17, 15) is 8.42 Å². The number of sulfone groups is 1. The molecule has 0 aliphatic rings. The number of hydrogen-bond donors (Lipinski definition) is 1. The number of benzene rings is 1. The fourth-order valence-electron chi connectivity index (χ4n) is 1.23. The van der Waals surface area contributed by atoms with Crippen molar-refractivity contribution >= 4 is 38.1 Å². The number of hydrogen-bond acceptors (Lipinski definition) is 6. The zero-order chi connectivity index (χ0) is 12.5. The Kier molecular flexibility index (Phi) is 3.32. The van der Waals surface area contributed by atoms with Crippen LogP contribution in [0.5, 0.6) is 0 Å². The highest BCUT2D eigenvalue weighted by atomic mass is 35.5. The molecule has 2 rings (SSSR count). The van der Waals surface area contributed by atoms with Gasteiger partial charge in [0.05, 0.1) is 5.75 Å². The monoisotopic (exact) mass is 289 g/mol. The van der Waals surface area contributed by atoms with Crippen LogP contribution in [-0.4, -0.2) is 17.8 Å². The van der Waals surface area contributed by atoms with E-state index in [0.29, 0.717) is 10.6 Å². The maximum absolute atomic E-state index is 11.9. The summed E-state index contributed by atoms with van der Waals surface area (Å²) in [5.41, 5.74) is 5.87. The zero-order valence-corrected chi connectivity index (χ0v) is 10.9. The molecule has 17 heavy (non-hydrogen) atoms. The Labute approximate surface area is 107 Å². The Morgan fingerprint density at radius 3 is 2.65 bits per heavy atom. The molecule has 0 saturated carbocycles. The minimum Gasteiger partial charge on any atom is -0.374 e. The van der Waals surface area contributed by atoms with E-state index in [0.717, 1.165) is 11.5 Å². The van der Waals surface area contributed by atoms with Gasteiger partial charge in [0.25, 0.3) is 5.16 Å². The number of nitrogens with two attached hydrogens (primary N) is 1. The summed E-state index contributed by atoms with van der Waals surface area (Å²) in [4.78, 5) is 3.66. The summed E-state index contributed by atoms with van der Waals surface area (Å²) in [5, 5.41) is 0.280. The topological polar surface area (TPSA) is 85.9 Å². The number of rotatable bonds is 3.